The minimum atomic E-state index is -0.951. The summed E-state index contributed by atoms with van der Waals surface area (Å²) in [5, 5.41) is 12.6. The second-order valence-corrected chi connectivity index (χ2v) is 6.89. The summed E-state index contributed by atoms with van der Waals surface area (Å²) in [5.41, 5.74) is -0.951. The maximum atomic E-state index is 12.4. The molecule has 0 aromatic carbocycles. The number of nitrogens with one attached hydrogen (secondary N) is 1. The summed E-state index contributed by atoms with van der Waals surface area (Å²) >= 11 is 0. The van der Waals surface area contributed by atoms with Gasteiger partial charge in [-0.25, -0.2) is 0 Å². The van der Waals surface area contributed by atoms with Crippen LogP contribution in [0.2, 0.25) is 0 Å². The molecule has 20 heavy (non-hydrogen) atoms. The van der Waals surface area contributed by atoms with Crippen molar-refractivity contribution in [3.05, 3.63) is 0 Å². The first-order valence-corrected chi connectivity index (χ1v) is 7.20. The maximum Gasteiger partial charge on any atom is 0.245 e. The highest BCUT2D eigenvalue weighted by molar-refractivity contribution is 5.87. The molecule has 0 aliphatic carbocycles. The Balaban J connectivity index is 4.75. The van der Waals surface area contributed by atoms with Crippen LogP contribution in [0.4, 0.5) is 0 Å². The number of carbonyl (C=O) groups is 2. The summed E-state index contributed by atoms with van der Waals surface area (Å²) in [6, 6.07) is -0.548. The average Bonchev–Trinajstić information content (AvgIpc) is 2.21. The van der Waals surface area contributed by atoms with Gasteiger partial charge in [-0.1, -0.05) is 27.7 Å². The van der Waals surface area contributed by atoms with Crippen molar-refractivity contribution in [2.45, 2.75) is 59.6 Å². The highest BCUT2D eigenvalue weighted by Crippen LogP contribution is 2.10. The summed E-state index contributed by atoms with van der Waals surface area (Å²) in [4.78, 5) is 25.7. The third-order valence-electron chi connectivity index (χ3n) is 2.84. The van der Waals surface area contributed by atoms with Gasteiger partial charge in [-0.05, 0) is 25.7 Å². The second-order valence-electron chi connectivity index (χ2n) is 6.89. The van der Waals surface area contributed by atoms with E-state index in [9.17, 15) is 14.7 Å². The van der Waals surface area contributed by atoms with Crippen molar-refractivity contribution in [3.63, 3.8) is 0 Å². The largest absolute Gasteiger partial charge is 0.389 e. The van der Waals surface area contributed by atoms with E-state index in [1.54, 1.807) is 20.9 Å². The fourth-order valence-electron chi connectivity index (χ4n) is 2.01. The van der Waals surface area contributed by atoms with E-state index in [-0.39, 0.29) is 30.2 Å². The molecule has 118 valence electrons. The molecule has 0 spiro atoms. The van der Waals surface area contributed by atoms with Crippen molar-refractivity contribution in [3.8, 4) is 0 Å². The van der Waals surface area contributed by atoms with Gasteiger partial charge in [-0.2, -0.15) is 0 Å². The molecule has 2 amide bonds. The molecule has 0 bridgehead atoms. The van der Waals surface area contributed by atoms with Crippen LogP contribution in [0.25, 0.3) is 0 Å². The molecule has 5 heteroatoms. The topological polar surface area (TPSA) is 69.6 Å². The number of amides is 2. The Morgan fingerprint density at radius 2 is 1.70 bits per heavy atom. The lowest BCUT2D eigenvalue weighted by atomic mass is 10.0. The summed E-state index contributed by atoms with van der Waals surface area (Å²) in [6.45, 7) is 11.3. The van der Waals surface area contributed by atoms with E-state index in [1.807, 2.05) is 27.7 Å². The van der Waals surface area contributed by atoms with Crippen LogP contribution in [0.1, 0.15) is 48.0 Å². The van der Waals surface area contributed by atoms with Gasteiger partial charge in [0.25, 0.3) is 0 Å². The number of hydrogen-bond acceptors (Lipinski definition) is 3. The molecule has 0 aromatic rings. The zero-order valence-electron chi connectivity index (χ0n) is 13.9. The van der Waals surface area contributed by atoms with Crippen LogP contribution in [0.3, 0.4) is 0 Å². The van der Waals surface area contributed by atoms with Gasteiger partial charge < -0.3 is 15.3 Å². The molecule has 0 aliphatic heterocycles. The average molecular weight is 286 g/mol. The second kappa shape index (κ2) is 7.62. The molecule has 0 rings (SSSR count). The zero-order chi connectivity index (χ0) is 16.1. The molecule has 0 aliphatic rings. The Bertz CT molecular complexity index is 333. The molecule has 0 heterocycles. The van der Waals surface area contributed by atoms with Crippen LogP contribution < -0.4 is 5.32 Å². The standard InChI is InChI=1S/C15H30N2O3/c1-10(2)8-12(18)16-13(11(3)4)14(19)17(7)9-15(5,6)20/h10-11,13,20H,8-9H2,1-7H3,(H,16,18). The Morgan fingerprint density at radius 1 is 1.20 bits per heavy atom. The highest BCUT2D eigenvalue weighted by atomic mass is 16.3. The Morgan fingerprint density at radius 3 is 2.05 bits per heavy atom. The molecule has 1 atom stereocenters. The third-order valence-corrected chi connectivity index (χ3v) is 2.84. The summed E-state index contributed by atoms with van der Waals surface area (Å²) in [6.07, 6.45) is 0.408. The monoisotopic (exact) mass is 286 g/mol. The van der Waals surface area contributed by atoms with Gasteiger partial charge in [-0.15, -0.1) is 0 Å². The SMILES string of the molecule is CC(C)CC(=O)NC(C(=O)N(C)CC(C)(C)O)C(C)C. The highest BCUT2D eigenvalue weighted by Gasteiger charge is 2.29. The van der Waals surface area contributed by atoms with Crippen LogP contribution in [0, 0.1) is 11.8 Å². The Labute approximate surface area is 122 Å². The number of carbonyl (C=O) groups excluding carboxylic acids is 2. The lowest BCUT2D eigenvalue weighted by Crippen LogP contribution is -2.52. The third kappa shape index (κ3) is 7.48. The minimum Gasteiger partial charge on any atom is -0.389 e. The molecule has 0 radical (unpaired) electrons. The van der Waals surface area contributed by atoms with Crippen molar-refractivity contribution in [2.75, 3.05) is 13.6 Å². The number of likely N-dealkylation sites (N-methyl/N-ethyl adjacent to an activating group) is 1. The van der Waals surface area contributed by atoms with Gasteiger partial charge in [-0.3, -0.25) is 9.59 Å². The van der Waals surface area contributed by atoms with E-state index in [0.29, 0.717) is 6.42 Å². The van der Waals surface area contributed by atoms with E-state index < -0.39 is 11.6 Å². The quantitative estimate of drug-likeness (QED) is 0.743. The van der Waals surface area contributed by atoms with Crippen LogP contribution in [-0.2, 0) is 9.59 Å². The first kappa shape index (κ1) is 18.9. The summed E-state index contributed by atoms with van der Waals surface area (Å²) < 4.78 is 0. The number of aliphatic hydroxyl groups is 1. The predicted octanol–water partition coefficient (Wildman–Crippen LogP) is 1.40. The van der Waals surface area contributed by atoms with Gasteiger partial charge in [0.15, 0.2) is 0 Å². The number of hydrogen-bond donors (Lipinski definition) is 2. The van der Waals surface area contributed by atoms with E-state index in [0.717, 1.165) is 0 Å². The Kier molecular flexibility index (Phi) is 7.20. The van der Waals surface area contributed by atoms with Crippen LogP contribution >= 0.6 is 0 Å². The van der Waals surface area contributed by atoms with Crippen LogP contribution in [0.5, 0.6) is 0 Å². The smallest absolute Gasteiger partial charge is 0.245 e. The molecule has 0 fully saturated rings. The van der Waals surface area contributed by atoms with E-state index in [4.69, 9.17) is 0 Å². The van der Waals surface area contributed by atoms with Crippen molar-refractivity contribution in [2.24, 2.45) is 11.8 Å². The molecular weight excluding hydrogens is 256 g/mol. The fourth-order valence-corrected chi connectivity index (χ4v) is 2.01. The molecule has 1 unspecified atom stereocenters. The van der Waals surface area contributed by atoms with Gasteiger partial charge in [0.1, 0.15) is 6.04 Å². The molecule has 5 nitrogen and oxygen atoms in total. The molecular formula is C15H30N2O3. The van der Waals surface area contributed by atoms with Gasteiger partial charge >= 0.3 is 0 Å². The number of rotatable bonds is 7. The van der Waals surface area contributed by atoms with Crippen molar-refractivity contribution < 1.29 is 14.7 Å². The fraction of sp³-hybridized carbons (Fsp3) is 0.867. The first-order chi connectivity index (χ1) is 8.94. The van der Waals surface area contributed by atoms with Gasteiger partial charge in [0.2, 0.25) is 11.8 Å². The molecule has 0 saturated heterocycles. The predicted molar refractivity (Wildman–Crippen MR) is 80.2 cm³/mol. The summed E-state index contributed by atoms with van der Waals surface area (Å²) in [7, 11) is 1.64. The molecule has 2 N–H and O–H groups in total. The van der Waals surface area contributed by atoms with Crippen LogP contribution in [0.15, 0.2) is 0 Å². The zero-order valence-corrected chi connectivity index (χ0v) is 13.9. The maximum absolute atomic E-state index is 12.4. The van der Waals surface area contributed by atoms with Gasteiger partial charge in [0, 0.05) is 20.0 Å². The first-order valence-electron chi connectivity index (χ1n) is 7.20. The molecule has 0 aromatic heterocycles. The van der Waals surface area contributed by atoms with E-state index in [2.05, 4.69) is 5.32 Å². The Hall–Kier alpha value is -1.10. The minimum absolute atomic E-state index is 0.00265. The van der Waals surface area contributed by atoms with Crippen molar-refractivity contribution in [1.82, 2.24) is 10.2 Å². The normalized spacial score (nSPS) is 13.5. The lowest BCUT2D eigenvalue weighted by Gasteiger charge is -2.31. The number of nitrogens with zero attached hydrogens (tertiary/aromatic N) is 1. The van der Waals surface area contributed by atoms with Gasteiger partial charge in [0.05, 0.1) is 5.60 Å². The lowest BCUT2D eigenvalue weighted by molar-refractivity contribution is -0.138. The van der Waals surface area contributed by atoms with E-state index >= 15 is 0 Å². The van der Waals surface area contributed by atoms with Crippen molar-refractivity contribution in [1.29, 1.82) is 0 Å². The molecule has 0 saturated carbocycles. The van der Waals surface area contributed by atoms with Crippen LogP contribution in [-0.4, -0.2) is 47.1 Å². The van der Waals surface area contributed by atoms with Crippen molar-refractivity contribution >= 4 is 11.8 Å². The van der Waals surface area contributed by atoms with E-state index in [1.165, 1.54) is 4.90 Å². The summed E-state index contributed by atoms with van der Waals surface area (Å²) in [5.74, 6) is -0.0159.